The molecule has 0 spiro atoms. The number of hydrogen-bond acceptors (Lipinski definition) is 3. The maximum absolute atomic E-state index is 6.30. The van der Waals surface area contributed by atoms with E-state index in [0.29, 0.717) is 0 Å². The summed E-state index contributed by atoms with van der Waals surface area (Å²) in [5.41, 5.74) is 18.3. The Balaban J connectivity index is 1.05. The molecule has 0 aliphatic rings. The molecular weight excluding hydrogens is 767 g/mol. The molecule has 0 saturated carbocycles. The van der Waals surface area contributed by atoms with Gasteiger partial charge >= 0.3 is 0 Å². The fraction of sp³-hybridized carbons (Fsp3) is 0. The zero-order valence-corrected chi connectivity index (χ0v) is 34.3. The van der Waals surface area contributed by atoms with Gasteiger partial charge in [-0.25, -0.2) is 0 Å². The molecular formula is C60H39NO2. The molecule has 0 fully saturated rings. The van der Waals surface area contributed by atoms with Crippen molar-refractivity contribution in [3.8, 4) is 55.6 Å². The van der Waals surface area contributed by atoms with Crippen LogP contribution in [-0.2, 0) is 0 Å². The van der Waals surface area contributed by atoms with Crippen molar-refractivity contribution >= 4 is 60.9 Å². The van der Waals surface area contributed by atoms with Crippen molar-refractivity contribution in [2.45, 2.75) is 0 Å². The fourth-order valence-corrected chi connectivity index (χ4v) is 9.38. The van der Waals surface area contributed by atoms with Gasteiger partial charge in [-0.1, -0.05) is 176 Å². The minimum absolute atomic E-state index is 0.888. The number of anilines is 3. The van der Waals surface area contributed by atoms with Crippen LogP contribution in [0.25, 0.3) is 99.5 Å². The standard InChI is InChI=1S/C60H39NO2/c1-3-15-41(16-4-1)47-19-7-8-21-51(47)59-48(42-17-5-2-6-18-42)23-13-25-54(59)61(45-34-29-40(30-35-45)44-33-38-57-53(39-44)50-20-9-11-26-55(50)62-57)46-36-31-43(32-37-46)49-24-14-28-58-60(49)52-22-10-12-27-56(52)63-58/h1-39H. The summed E-state index contributed by atoms with van der Waals surface area (Å²) in [6, 6.07) is 84.3. The number of nitrogens with zero attached hydrogens (tertiary/aromatic N) is 1. The van der Waals surface area contributed by atoms with Crippen LogP contribution >= 0.6 is 0 Å². The normalized spacial score (nSPS) is 11.5. The molecule has 0 aliphatic carbocycles. The highest BCUT2D eigenvalue weighted by Gasteiger charge is 2.23. The molecule has 12 aromatic rings. The zero-order chi connectivity index (χ0) is 41.7. The van der Waals surface area contributed by atoms with Crippen LogP contribution in [0.4, 0.5) is 17.1 Å². The third-order valence-corrected chi connectivity index (χ3v) is 12.3. The van der Waals surface area contributed by atoms with Crippen LogP contribution in [-0.4, -0.2) is 0 Å². The second kappa shape index (κ2) is 15.3. The Hall–Kier alpha value is -8.40. The Morgan fingerprint density at radius 1 is 0.270 bits per heavy atom. The van der Waals surface area contributed by atoms with Gasteiger partial charge in [0.25, 0.3) is 0 Å². The van der Waals surface area contributed by atoms with Crippen molar-refractivity contribution < 1.29 is 8.83 Å². The maximum atomic E-state index is 6.30. The van der Waals surface area contributed by atoms with Crippen LogP contribution in [0, 0.1) is 0 Å². The largest absolute Gasteiger partial charge is 0.456 e. The fourth-order valence-electron chi connectivity index (χ4n) is 9.38. The summed E-state index contributed by atoms with van der Waals surface area (Å²) in [7, 11) is 0. The van der Waals surface area contributed by atoms with Gasteiger partial charge in [0, 0.05) is 38.5 Å². The summed E-state index contributed by atoms with van der Waals surface area (Å²) >= 11 is 0. The molecule has 63 heavy (non-hydrogen) atoms. The van der Waals surface area contributed by atoms with Crippen molar-refractivity contribution in [3.63, 3.8) is 0 Å². The smallest absolute Gasteiger partial charge is 0.136 e. The Labute approximate surface area is 365 Å². The van der Waals surface area contributed by atoms with Crippen LogP contribution < -0.4 is 4.90 Å². The second-order valence-electron chi connectivity index (χ2n) is 16.0. The number of fused-ring (bicyclic) bond motifs is 6. The van der Waals surface area contributed by atoms with Crippen molar-refractivity contribution in [2.75, 3.05) is 4.90 Å². The van der Waals surface area contributed by atoms with Gasteiger partial charge in [-0.15, -0.1) is 0 Å². The molecule has 0 bridgehead atoms. The lowest BCUT2D eigenvalue weighted by Gasteiger charge is -2.30. The monoisotopic (exact) mass is 805 g/mol. The molecule has 10 aromatic carbocycles. The van der Waals surface area contributed by atoms with Crippen molar-refractivity contribution in [2.24, 2.45) is 0 Å². The molecule has 3 nitrogen and oxygen atoms in total. The van der Waals surface area contributed by atoms with Crippen LogP contribution in [0.5, 0.6) is 0 Å². The third-order valence-electron chi connectivity index (χ3n) is 12.3. The second-order valence-corrected chi connectivity index (χ2v) is 16.0. The van der Waals surface area contributed by atoms with Crippen molar-refractivity contribution in [1.29, 1.82) is 0 Å². The highest BCUT2D eigenvalue weighted by Crippen LogP contribution is 2.49. The van der Waals surface area contributed by atoms with Gasteiger partial charge in [-0.05, 0) is 111 Å². The first kappa shape index (κ1) is 36.5. The summed E-state index contributed by atoms with van der Waals surface area (Å²) in [6.45, 7) is 0. The minimum atomic E-state index is 0.888. The van der Waals surface area contributed by atoms with Gasteiger partial charge in [0.2, 0.25) is 0 Å². The Kier molecular flexibility index (Phi) is 8.83. The highest BCUT2D eigenvalue weighted by atomic mass is 16.3. The van der Waals surface area contributed by atoms with E-state index in [2.05, 4.69) is 217 Å². The summed E-state index contributed by atoms with van der Waals surface area (Å²) in [6.07, 6.45) is 0. The summed E-state index contributed by atoms with van der Waals surface area (Å²) in [5, 5.41) is 4.49. The lowest BCUT2D eigenvalue weighted by atomic mass is 9.87. The van der Waals surface area contributed by atoms with E-state index in [0.717, 1.165) is 105 Å². The molecule has 0 radical (unpaired) electrons. The first-order valence-electron chi connectivity index (χ1n) is 21.4. The zero-order valence-electron chi connectivity index (χ0n) is 34.3. The van der Waals surface area contributed by atoms with Gasteiger partial charge in [-0.3, -0.25) is 0 Å². The molecule has 0 aliphatic heterocycles. The first-order valence-corrected chi connectivity index (χ1v) is 21.4. The lowest BCUT2D eigenvalue weighted by Crippen LogP contribution is -2.12. The molecule has 12 rings (SSSR count). The molecule has 0 unspecified atom stereocenters. The van der Waals surface area contributed by atoms with E-state index >= 15 is 0 Å². The number of para-hydroxylation sites is 2. The van der Waals surface area contributed by atoms with E-state index in [4.69, 9.17) is 8.83 Å². The molecule has 0 amide bonds. The van der Waals surface area contributed by atoms with Gasteiger partial charge in [0.05, 0.1) is 5.69 Å². The van der Waals surface area contributed by atoms with Crippen LogP contribution in [0.2, 0.25) is 0 Å². The molecule has 2 heterocycles. The van der Waals surface area contributed by atoms with Crippen LogP contribution in [0.1, 0.15) is 0 Å². The quantitative estimate of drug-likeness (QED) is 0.153. The summed E-state index contributed by atoms with van der Waals surface area (Å²) in [5.74, 6) is 0. The van der Waals surface area contributed by atoms with Gasteiger partial charge in [0.1, 0.15) is 22.3 Å². The van der Waals surface area contributed by atoms with Crippen LogP contribution in [0.15, 0.2) is 245 Å². The van der Waals surface area contributed by atoms with E-state index < -0.39 is 0 Å². The SMILES string of the molecule is c1ccc(-c2ccccc2-c2c(-c3ccccc3)cccc2N(c2ccc(-c3ccc4oc5ccccc5c4c3)cc2)c2ccc(-c3cccc4oc5ccccc5c34)cc2)cc1. The summed E-state index contributed by atoms with van der Waals surface area (Å²) < 4.78 is 12.5. The number of benzene rings is 10. The molecule has 296 valence electrons. The average Bonchev–Trinajstić information content (AvgIpc) is 3.93. The number of rotatable bonds is 8. The van der Waals surface area contributed by atoms with Gasteiger partial charge in [-0.2, -0.15) is 0 Å². The molecule has 0 N–H and O–H groups in total. The molecule has 2 aromatic heterocycles. The Morgan fingerprint density at radius 2 is 0.746 bits per heavy atom. The van der Waals surface area contributed by atoms with Gasteiger partial charge < -0.3 is 13.7 Å². The van der Waals surface area contributed by atoms with Gasteiger partial charge in [0.15, 0.2) is 0 Å². The predicted molar refractivity (Wildman–Crippen MR) is 263 cm³/mol. The number of furan rings is 2. The topological polar surface area (TPSA) is 29.5 Å². The van der Waals surface area contributed by atoms with E-state index in [9.17, 15) is 0 Å². The molecule has 0 saturated heterocycles. The minimum Gasteiger partial charge on any atom is -0.456 e. The number of hydrogen-bond donors (Lipinski definition) is 0. The average molecular weight is 806 g/mol. The van der Waals surface area contributed by atoms with E-state index in [1.54, 1.807) is 0 Å². The summed E-state index contributed by atoms with van der Waals surface area (Å²) in [4.78, 5) is 2.41. The van der Waals surface area contributed by atoms with Crippen LogP contribution in [0.3, 0.4) is 0 Å². The Morgan fingerprint density at radius 3 is 1.48 bits per heavy atom. The Bertz CT molecular complexity index is 3600. The molecule has 0 atom stereocenters. The van der Waals surface area contributed by atoms with Crippen molar-refractivity contribution in [3.05, 3.63) is 237 Å². The third kappa shape index (κ3) is 6.38. The highest BCUT2D eigenvalue weighted by molar-refractivity contribution is 6.12. The lowest BCUT2D eigenvalue weighted by molar-refractivity contribution is 0.668. The van der Waals surface area contributed by atoms with E-state index in [1.165, 1.54) is 11.1 Å². The van der Waals surface area contributed by atoms with E-state index in [-0.39, 0.29) is 0 Å². The molecule has 3 heteroatoms. The first-order chi connectivity index (χ1) is 31.2. The maximum Gasteiger partial charge on any atom is 0.136 e. The predicted octanol–water partition coefficient (Wildman–Crippen LogP) is 17.3. The van der Waals surface area contributed by atoms with E-state index in [1.807, 2.05) is 24.3 Å². The van der Waals surface area contributed by atoms with Crippen molar-refractivity contribution in [1.82, 2.24) is 0 Å².